The van der Waals surface area contributed by atoms with Crippen LogP contribution in [0.5, 0.6) is 0 Å². The zero-order valence-electron chi connectivity index (χ0n) is 16.3. The molecule has 2 atom stereocenters. The lowest BCUT2D eigenvalue weighted by molar-refractivity contribution is -0.120. The minimum atomic E-state index is -0.212. The SMILES string of the molecule is C[C@H](C(=O)Nc1ccccc1N1CCCC1=O)N1CC[C@@H](c2ccccc2)C1. The van der Waals surface area contributed by atoms with Crippen LogP contribution in [0.4, 0.5) is 11.4 Å². The van der Waals surface area contributed by atoms with E-state index in [0.717, 1.165) is 31.6 Å². The van der Waals surface area contributed by atoms with Gasteiger partial charge in [0.25, 0.3) is 0 Å². The molecule has 2 amide bonds. The fraction of sp³-hybridized carbons (Fsp3) is 0.391. The van der Waals surface area contributed by atoms with Gasteiger partial charge >= 0.3 is 0 Å². The fourth-order valence-corrected chi connectivity index (χ4v) is 4.26. The molecule has 2 aromatic rings. The molecule has 0 unspecified atom stereocenters. The van der Waals surface area contributed by atoms with E-state index in [2.05, 4.69) is 34.5 Å². The number of carbonyl (C=O) groups is 2. The summed E-state index contributed by atoms with van der Waals surface area (Å²) in [6.07, 6.45) is 2.51. The van der Waals surface area contributed by atoms with E-state index in [0.29, 0.717) is 24.6 Å². The molecule has 2 heterocycles. The Morgan fingerprint density at radius 3 is 2.57 bits per heavy atom. The van der Waals surface area contributed by atoms with Crippen LogP contribution in [-0.2, 0) is 9.59 Å². The molecule has 2 aliphatic heterocycles. The fourth-order valence-electron chi connectivity index (χ4n) is 4.26. The zero-order valence-corrected chi connectivity index (χ0v) is 16.3. The van der Waals surface area contributed by atoms with Crippen molar-refractivity contribution < 1.29 is 9.59 Å². The molecule has 4 rings (SSSR count). The molecule has 0 saturated carbocycles. The van der Waals surface area contributed by atoms with Crippen molar-refractivity contribution in [3.63, 3.8) is 0 Å². The molecular formula is C23H27N3O2. The van der Waals surface area contributed by atoms with E-state index in [1.54, 1.807) is 4.90 Å². The molecule has 2 aromatic carbocycles. The van der Waals surface area contributed by atoms with Crippen molar-refractivity contribution >= 4 is 23.2 Å². The van der Waals surface area contributed by atoms with Gasteiger partial charge in [-0.25, -0.2) is 0 Å². The van der Waals surface area contributed by atoms with Crippen molar-refractivity contribution in [3.8, 4) is 0 Å². The predicted octanol–water partition coefficient (Wildman–Crippen LogP) is 3.63. The standard InChI is InChI=1S/C23H27N3O2/c1-17(25-15-13-19(16-25)18-8-3-2-4-9-18)23(28)24-20-10-5-6-11-21(20)26-14-7-12-22(26)27/h2-6,8-11,17,19H,7,12-16H2,1H3,(H,24,28)/t17-,19-/m1/s1. The van der Waals surface area contributed by atoms with Crippen LogP contribution >= 0.6 is 0 Å². The van der Waals surface area contributed by atoms with Crippen molar-refractivity contribution in [1.82, 2.24) is 4.90 Å². The van der Waals surface area contributed by atoms with Crippen molar-refractivity contribution in [1.29, 1.82) is 0 Å². The lowest BCUT2D eigenvalue weighted by Gasteiger charge is -2.25. The van der Waals surface area contributed by atoms with E-state index in [4.69, 9.17) is 0 Å². The number of nitrogens with zero attached hydrogens (tertiary/aromatic N) is 2. The average molecular weight is 377 g/mol. The smallest absolute Gasteiger partial charge is 0.241 e. The second-order valence-corrected chi connectivity index (χ2v) is 7.72. The number of likely N-dealkylation sites (tertiary alicyclic amines) is 1. The van der Waals surface area contributed by atoms with Crippen LogP contribution in [0.15, 0.2) is 54.6 Å². The molecular weight excluding hydrogens is 350 g/mol. The number of para-hydroxylation sites is 2. The van der Waals surface area contributed by atoms with Crippen molar-refractivity contribution in [2.45, 2.75) is 38.1 Å². The van der Waals surface area contributed by atoms with E-state index in [1.807, 2.05) is 37.3 Å². The molecule has 1 N–H and O–H groups in total. The van der Waals surface area contributed by atoms with E-state index in [-0.39, 0.29) is 17.9 Å². The van der Waals surface area contributed by atoms with Gasteiger partial charge in [-0.2, -0.15) is 0 Å². The number of rotatable bonds is 5. The normalized spacial score (nSPS) is 21.1. The molecule has 2 saturated heterocycles. The topological polar surface area (TPSA) is 52.7 Å². The maximum atomic E-state index is 12.9. The molecule has 5 nitrogen and oxygen atoms in total. The first-order chi connectivity index (χ1) is 13.6. The summed E-state index contributed by atoms with van der Waals surface area (Å²) in [5.41, 5.74) is 2.86. The lowest BCUT2D eigenvalue weighted by Crippen LogP contribution is -2.41. The third-order valence-corrected chi connectivity index (χ3v) is 5.94. The van der Waals surface area contributed by atoms with Gasteiger partial charge in [-0.15, -0.1) is 0 Å². The highest BCUT2D eigenvalue weighted by molar-refractivity contribution is 6.03. The molecule has 2 fully saturated rings. The number of anilines is 2. The Hall–Kier alpha value is -2.66. The van der Waals surface area contributed by atoms with E-state index in [9.17, 15) is 9.59 Å². The highest BCUT2D eigenvalue weighted by Gasteiger charge is 2.31. The highest BCUT2D eigenvalue weighted by Crippen LogP contribution is 2.31. The molecule has 0 aromatic heterocycles. The summed E-state index contributed by atoms with van der Waals surface area (Å²) in [7, 11) is 0. The number of nitrogens with one attached hydrogen (secondary N) is 1. The predicted molar refractivity (Wildman–Crippen MR) is 111 cm³/mol. The Morgan fingerprint density at radius 2 is 1.82 bits per heavy atom. The first kappa shape index (κ1) is 18.7. The summed E-state index contributed by atoms with van der Waals surface area (Å²) in [4.78, 5) is 29.1. The van der Waals surface area contributed by atoms with Gasteiger partial charge in [0, 0.05) is 19.5 Å². The van der Waals surface area contributed by atoms with Crippen LogP contribution in [0.3, 0.4) is 0 Å². The Balaban J connectivity index is 1.42. The van der Waals surface area contributed by atoms with Gasteiger partial charge in [-0.05, 0) is 49.9 Å². The third-order valence-electron chi connectivity index (χ3n) is 5.94. The minimum absolute atomic E-state index is 0.0205. The molecule has 0 spiro atoms. The van der Waals surface area contributed by atoms with Gasteiger partial charge in [-0.3, -0.25) is 14.5 Å². The van der Waals surface area contributed by atoms with E-state index in [1.165, 1.54) is 5.56 Å². The molecule has 0 aliphatic carbocycles. The Morgan fingerprint density at radius 1 is 1.07 bits per heavy atom. The van der Waals surface area contributed by atoms with Crippen LogP contribution in [0.25, 0.3) is 0 Å². The average Bonchev–Trinajstić information content (AvgIpc) is 3.38. The largest absolute Gasteiger partial charge is 0.323 e. The molecule has 0 bridgehead atoms. The molecule has 146 valence electrons. The lowest BCUT2D eigenvalue weighted by atomic mass is 9.99. The number of amides is 2. The summed E-state index contributed by atoms with van der Waals surface area (Å²) in [5, 5.41) is 3.06. The number of benzene rings is 2. The Bertz CT molecular complexity index is 852. The minimum Gasteiger partial charge on any atom is -0.323 e. The van der Waals surface area contributed by atoms with Crippen molar-refractivity contribution in [3.05, 3.63) is 60.2 Å². The quantitative estimate of drug-likeness (QED) is 0.866. The molecule has 0 radical (unpaired) electrons. The molecule has 2 aliphatic rings. The van der Waals surface area contributed by atoms with E-state index >= 15 is 0 Å². The van der Waals surface area contributed by atoms with Crippen LogP contribution in [0, 0.1) is 0 Å². The first-order valence-electron chi connectivity index (χ1n) is 10.1. The summed E-state index contributed by atoms with van der Waals surface area (Å²) in [6, 6.07) is 17.9. The van der Waals surface area contributed by atoms with Crippen LogP contribution in [-0.4, -0.2) is 42.4 Å². The Kier molecular flexibility index (Phi) is 5.44. The first-order valence-corrected chi connectivity index (χ1v) is 10.1. The van der Waals surface area contributed by atoms with Gasteiger partial charge in [0.1, 0.15) is 0 Å². The van der Waals surface area contributed by atoms with Gasteiger partial charge in [0.05, 0.1) is 17.4 Å². The van der Waals surface area contributed by atoms with Gasteiger partial charge in [0.15, 0.2) is 0 Å². The monoisotopic (exact) mass is 377 g/mol. The highest BCUT2D eigenvalue weighted by atomic mass is 16.2. The van der Waals surface area contributed by atoms with Crippen LogP contribution < -0.4 is 10.2 Å². The zero-order chi connectivity index (χ0) is 19.5. The number of hydrogen-bond acceptors (Lipinski definition) is 3. The molecule has 28 heavy (non-hydrogen) atoms. The maximum absolute atomic E-state index is 12.9. The second-order valence-electron chi connectivity index (χ2n) is 7.72. The van der Waals surface area contributed by atoms with Crippen molar-refractivity contribution in [2.24, 2.45) is 0 Å². The maximum Gasteiger partial charge on any atom is 0.241 e. The Labute approximate surface area is 166 Å². The summed E-state index contributed by atoms with van der Waals surface area (Å²) in [5.74, 6) is 0.582. The van der Waals surface area contributed by atoms with Crippen LogP contribution in [0.2, 0.25) is 0 Å². The number of carbonyl (C=O) groups excluding carboxylic acids is 2. The summed E-state index contributed by atoms with van der Waals surface area (Å²) < 4.78 is 0. The van der Waals surface area contributed by atoms with Gasteiger partial charge < -0.3 is 10.2 Å². The van der Waals surface area contributed by atoms with Gasteiger partial charge in [0.2, 0.25) is 11.8 Å². The molecule has 5 heteroatoms. The van der Waals surface area contributed by atoms with Gasteiger partial charge in [-0.1, -0.05) is 42.5 Å². The van der Waals surface area contributed by atoms with Crippen molar-refractivity contribution in [2.75, 3.05) is 29.9 Å². The van der Waals surface area contributed by atoms with E-state index < -0.39 is 0 Å². The summed E-state index contributed by atoms with van der Waals surface area (Å²) >= 11 is 0. The second kappa shape index (κ2) is 8.15. The van der Waals surface area contributed by atoms with Crippen LogP contribution in [0.1, 0.15) is 37.7 Å². The number of hydrogen-bond donors (Lipinski definition) is 1. The third kappa shape index (κ3) is 3.80. The summed E-state index contributed by atoms with van der Waals surface area (Å²) in [6.45, 7) is 4.49.